The highest BCUT2D eigenvalue weighted by atomic mass is 16.7. The summed E-state index contributed by atoms with van der Waals surface area (Å²) in [5.74, 6) is -2.69. The molecule has 1 aliphatic rings. The maximum absolute atomic E-state index is 11.4. The van der Waals surface area contributed by atoms with E-state index in [4.69, 9.17) is 23.7 Å². The van der Waals surface area contributed by atoms with Gasteiger partial charge in [-0.1, -0.05) is 0 Å². The number of ether oxygens (including phenoxy) is 5. The molecule has 0 amide bonds. The molecule has 0 N–H and O–H groups in total. The summed E-state index contributed by atoms with van der Waals surface area (Å²) in [7, 11) is 0. The first-order chi connectivity index (χ1) is 10.6. The first-order valence-electron chi connectivity index (χ1n) is 6.96. The quantitative estimate of drug-likeness (QED) is 0.521. The predicted octanol–water partition coefficient (Wildman–Crippen LogP) is 0.0894. The Labute approximate surface area is 133 Å². The van der Waals surface area contributed by atoms with Crippen molar-refractivity contribution in [3.63, 3.8) is 0 Å². The number of hydrogen-bond acceptors (Lipinski definition) is 9. The molecule has 0 saturated carbocycles. The largest absolute Gasteiger partial charge is 0.456 e. The van der Waals surface area contributed by atoms with Crippen LogP contribution in [-0.2, 0) is 42.9 Å². The second-order valence-corrected chi connectivity index (χ2v) is 5.04. The summed E-state index contributed by atoms with van der Waals surface area (Å²) in [5, 5.41) is 0. The molecule has 0 spiro atoms. The van der Waals surface area contributed by atoms with E-state index in [-0.39, 0.29) is 0 Å². The average Bonchev–Trinajstić information content (AvgIpc) is 2.36. The van der Waals surface area contributed by atoms with Crippen molar-refractivity contribution >= 4 is 23.9 Å². The van der Waals surface area contributed by atoms with E-state index in [9.17, 15) is 19.2 Å². The Morgan fingerprint density at radius 2 is 1.04 bits per heavy atom. The zero-order valence-corrected chi connectivity index (χ0v) is 13.6. The Kier molecular flexibility index (Phi) is 6.49. The third-order valence-electron chi connectivity index (χ3n) is 2.92. The maximum Gasteiger partial charge on any atom is 0.305 e. The second-order valence-electron chi connectivity index (χ2n) is 5.04. The lowest BCUT2D eigenvalue weighted by atomic mass is 9.99. The lowest BCUT2D eigenvalue weighted by Crippen LogP contribution is -2.61. The minimum atomic E-state index is -1.29. The Balaban J connectivity index is 3.15. The molecule has 1 saturated heterocycles. The van der Waals surface area contributed by atoms with Crippen molar-refractivity contribution in [2.75, 3.05) is 0 Å². The van der Waals surface area contributed by atoms with Gasteiger partial charge in [0.2, 0.25) is 12.4 Å². The summed E-state index contributed by atoms with van der Waals surface area (Å²) in [6.45, 7) is 6.16. The van der Waals surface area contributed by atoms with E-state index in [0.717, 1.165) is 20.8 Å². The van der Waals surface area contributed by atoms with Crippen molar-refractivity contribution in [1.29, 1.82) is 0 Å². The summed E-state index contributed by atoms with van der Waals surface area (Å²) >= 11 is 0. The minimum Gasteiger partial charge on any atom is -0.456 e. The predicted molar refractivity (Wildman–Crippen MR) is 72.8 cm³/mol. The standard InChI is InChI=1S/C14H20O9/c1-6-11(20-7(2)15)12(21-8(3)16)13(22-9(4)17)14(19-6)23-10(5)18/h6,11-14H,1-5H3/t6-,11+,12+,13-,14?/m1/s1. The Morgan fingerprint density at radius 3 is 1.48 bits per heavy atom. The molecule has 1 rings (SSSR count). The fourth-order valence-corrected chi connectivity index (χ4v) is 2.23. The summed E-state index contributed by atoms with van der Waals surface area (Å²) in [6.07, 6.45) is -5.51. The molecule has 9 heteroatoms. The molecular weight excluding hydrogens is 312 g/mol. The van der Waals surface area contributed by atoms with Crippen molar-refractivity contribution in [1.82, 2.24) is 0 Å². The van der Waals surface area contributed by atoms with Crippen LogP contribution in [0, 0.1) is 0 Å². The zero-order chi connectivity index (χ0) is 17.7. The first-order valence-corrected chi connectivity index (χ1v) is 6.96. The van der Waals surface area contributed by atoms with Gasteiger partial charge in [-0.2, -0.15) is 0 Å². The number of esters is 4. The summed E-state index contributed by atoms with van der Waals surface area (Å²) in [4.78, 5) is 45.1. The van der Waals surface area contributed by atoms with Gasteiger partial charge in [-0.25, -0.2) is 0 Å². The van der Waals surface area contributed by atoms with Crippen molar-refractivity contribution in [3.05, 3.63) is 0 Å². The molecule has 9 nitrogen and oxygen atoms in total. The smallest absolute Gasteiger partial charge is 0.305 e. The first kappa shape index (κ1) is 18.9. The number of carbonyl (C=O) groups excluding carboxylic acids is 4. The lowest BCUT2D eigenvalue weighted by molar-refractivity contribution is -0.292. The van der Waals surface area contributed by atoms with E-state index >= 15 is 0 Å². The van der Waals surface area contributed by atoms with Gasteiger partial charge in [0.05, 0.1) is 6.10 Å². The molecule has 0 aromatic rings. The fourth-order valence-electron chi connectivity index (χ4n) is 2.23. The Bertz CT molecular complexity index is 487. The van der Waals surface area contributed by atoms with E-state index in [1.54, 1.807) is 6.92 Å². The van der Waals surface area contributed by atoms with Gasteiger partial charge in [-0.3, -0.25) is 19.2 Å². The van der Waals surface area contributed by atoms with E-state index in [1.165, 1.54) is 6.92 Å². The molecule has 0 radical (unpaired) electrons. The van der Waals surface area contributed by atoms with Crippen LogP contribution < -0.4 is 0 Å². The topological polar surface area (TPSA) is 114 Å². The van der Waals surface area contributed by atoms with E-state index < -0.39 is 54.6 Å². The van der Waals surface area contributed by atoms with Crippen LogP contribution in [0.25, 0.3) is 0 Å². The number of carbonyl (C=O) groups is 4. The molecular formula is C14H20O9. The van der Waals surface area contributed by atoms with Gasteiger partial charge in [-0.15, -0.1) is 0 Å². The number of rotatable bonds is 4. The fraction of sp³-hybridized carbons (Fsp3) is 0.714. The molecule has 0 bridgehead atoms. The van der Waals surface area contributed by atoms with Crippen molar-refractivity contribution in [2.24, 2.45) is 0 Å². The molecule has 1 aliphatic heterocycles. The summed E-state index contributed by atoms with van der Waals surface area (Å²) in [5.41, 5.74) is 0. The van der Waals surface area contributed by atoms with Gasteiger partial charge in [-0.05, 0) is 6.92 Å². The van der Waals surface area contributed by atoms with Crippen LogP contribution in [-0.4, -0.2) is 54.6 Å². The summed E-state index contributed by atoms with van der Waals surface area (Å²) < 4.78 is 25.7. The van der Waals surface area contributed by atoms with E-state index in [0.29, 0.717) is 0 Å². The molecule has 0 aromatic heterocycles. The van der Waals surface area contributed by atoms with Crippen LogP contribution in [0.15, 0.2) is 0 Å². The molecule has 1 unspecified atom stereocenters. The van der Waals surface area contributed by atoms with Crippen LogP contribution in [0.5, 0.6) is 0 Å². The Morgan fingerprint density at radius 1 is 0.652 bits per heavy atom. The second kappa shape index (κ2) is 7.91. The van der Waals surface area contributed by atoms with Gasteiger partial charge in [0.15, 0.2) is 12.2 Å². The third kappa shape index (κ3) is 5.51. The monoisotopic (exact) mass is 332 g/mol. The van der Waals surface area contributed by atoms with E-state index in [1.807, 2.05) is 0 Å². The van der Waals surface area contributed by atoms with Gasteiger partial charge < -0.3 is 23.7 Å². The zero-order valence-electron chi connectivity index (χ0n) is 13.6. The van der Waals surface area contributed by atoms with Gasteiger partial charge in [0.25, 0.3) is 0 Å². The third-order valence-corrected chi connectivity index (χ3v) is 2.92. The van der Waals surface area contributed by atoms with Gasteiger partial charge in [0.1, 0.15) is 0 Å². The highest BCUT2D eigenvalue weighted by molar-refractivity contribution is 5.69. The van der Waals surface area contributed by atoms with Crippen LogP contribution in [0.2, 0.25) is 0 Å². The lowest BCUT2D eigenvalue weighted by Gasteiger charge is -2.42. The Hall–Kier alpha value is -2.16. The van der Waals surface area contributed by atoms with E-state index in [2.05, 4.69) is 0 Å². The highest BCUT2D eigenvalue weighted by Gasteiger charge is 2.51. The highest BCUT2D eigenvalue weighted by Crippen LogP contribution is 2.29. The van der Waals surface area contributed by atoms with Crippen LogP contribution >= 0.6 is 0 Å². The van der Waals surface area contributed by atoms with Crippen LogP contribution in [0.1, 0.15) is 34.6 Å². The normalized spacial score (nSPS) is 30.0. The van der Waals surface area contributed by atoms with Gasteiger partial charge >= 0.3 is 23.9 Å². The molecule has 0 aromatic carbocycles. The molecule has 1 fully saturated rings. The minimum absolute atomic E-state index is 0.630. The molecule has 130 valence electrons. The molecule has 5 atom stereocenters. The molecule has 23 heavy (non-hydrogen) atoms. The van der Waals surface area contributed by atoms with Crippen molar-refractivity contribution in [3.8, 4) is 0 Å². The number of hydrogen-bond donors (Lipinski definition) is 0. The van der Waals surface area contributed by atoms with Crippen LogP contribution in [0.4, 0.5) is 0 Å². The molecule has 0 aliphatic carbocycles. The summed E-state index contributed by atoms with van der Waals surface area (Å²) in [6, 6.07) is 0. The van der Waals surface area contributed by atoms with Gasteiger partial charge in [0, 0.05) is 27.7 Å². The van der Waals surface area contributed by atoms with Crippen molar-refractivity contribution < 1.29 is 42.9 Å². The molecule has 1 heterocycles. The SMILES string of the molecule is CC(=O)OC1O[C@H](C)[C@H](OC(C)=O)[C@H](OC(C)=O)[C@H]1OC(C)=O. The maximum atomic E-state index is 11.4. The average molecular weight is 332 g/mol. The van der Waals surface area contributed by atoms with Crippen molar-refractivity contribution in [2.45, 2.75) is 65.3 Å². The van der Waals surface area contributed by atoms with Crippen LogP contribution in [0.3, 0.4) is 0 Å².